The maximum absolute atomic E-state index is 4.07. The second-order valence-electron chi connectivity index (χ2n) is 5.57. The molecule has 1 aliphatic rings. The number of nitrogens with one attached hydrogen (secondary N) is 1. The summed E-state index contributed by atoms with van der Waals surface area (Å²) in [6, 6.07) is 6.39. The molecule has 5 heteroatoms. The minimum absolute atomic E-state index is 0.625. The molecule has 3 aromatic rings. The van der Waals surface area contributed by atoms with Gasteiger partial charge in [-0.15, -0.1) is 5.10 Å². The van der Waals surface area contributed by atoms with Crippen molar-refractivity contribution in [1.29, 1.82) is 0 Å². The zero-order valence-corrected chi connectivity index (χ0v) is 11.5. The van der Waals surface area contributed by atoms with Crippen LogP contribution in [0.3, 0.4) is 0 Å². The summed E-state index contributed by atoms with van der Waals surface area (Å²) in [5.74, 6) is 0.625. The number of aromatic nitrogens is 4. The van der Waals surface area contributed by atoms with E-state index < -0.39 is 0 Å². The number of hydrogen-bond acceptors (Lipinski definition) is 3. The van der Waals surface area contributed by atoms with Gasteiger partial charge in [-0.3, -0.25) is 0 Å². The molecule has 4 rings (SSSR count). The molecular weight excluding hydrogens is 250 g/mol. The molecule has 0 aliphatic carbocycles. The second kappa shape index (κ2) is 4.45. The maximum Gasteiger partial charge on any atom is 0.0697 e. The van der Waals surface area contributed by atoms with E-state index in [9.17, 15) is 0 Å². The van der Waals surface area contributed by atoms with E-state index in [2.05, 4.69) is 51.6 Å². The van der Waals surface area contributed by atoms with Crippen LogP contribution in [0.1, 0.15) is 17.9 Å². The topological polar surface area (TPSA) is 49.7 Å². The third-order valence-corrected chi connectivity index (χ3v) is 4.22. The molecule has 1 saturated heterocycles. The minimum atomic E-state index is 0.625. The van der Waals surface area contributed by atoms with Crippen molar-refractivity contribution in [3.63, 3.8) is 0 Å². The highest BCUT2D eigenvalue weighted by atomic mass is 15.4. The van der Waals surface area contributed by atoms with Gasteiger partial charge in [0.25, 0.3) is 0 Å². The molecule has 0 radical (unpaired) electrons. The quantitative estimate of drug-likeness (QED) is 0.774. The number of nitrogens with zero attached hydrogens (tertiary/aromatic N) is 4. The summed E-state index contributed by atoms with van der Waals surface area (Å²) in [4.78, 5) is 5.78. The van der Waals surface area contributed by atoms with E-state index in [4.69, 9.17) is 0 Å². The van der Waals surface area contributed by atoms with Gasteiger partial charge >= 0.3 is 0 Å². The molecule has 1 fully saturated rings. The van der Waals surface area contributed by atoms with E-state index in [1.165, 1.54) is 29.4 Å². The van der Waals surface area contributed by atoms with Crippen LogP contribution >= 0.6 is 0 Å². The Morgan fingerprint density at radius 2 is 2.30 bits per heavy atom. The number of hydrogen-bond donors (Lipinski definition) is 1. The maximum atomic E-state index is 4.07. The molecule has 0 bridgehead atoms. The standard InChI is InChI=1S/C15H17N5/c1-19-6-4-11(10-19)14-9-16-15-3-2-12(8-13(14)15)20-7-5-17-18-20/h2-3,5,7-9,11,16H,4,6,10H2,1H3. The van der Waals surface area contributed by atoms with E-state index in [-0.39, 0.29) is 0 Å². The average molecular weight is 267 g/mol. The van der Waals surface area contributed by atoms with Gasteiger partial charge in [-0.05, 0) is 49.7 Å². The van der Waals surface area contributed by atoms with Gasteiger partial charge in [0, 0.05) is 23.6 Å². The Labute approximate surface area is 117 Å². The summed E-state index contributed by atoms with van der Waals surface area (Å²) in [5, 5.41) is 9.24. The lowest BCUT2D eigenvalue weighted by molar-refractivity contribution is 0.412. The fourth-order valence-electron chi connectivity index (χ4n) is 3.15. The highest BCUT2D eigenvalue weighted by Crippen LogP contribution is 2.32. The van der Waals surface area contributed by atoms with Crippen molar-refractivity contribution in [3.8, 4) is 5.69 Å². The number of likely N-dealkylation sites (tertiary alicyclic amines) is 1. The fraction of sp³-hybridized carbons (Fsp3) is 0.333. The number of aromatic amines is 1. The van der Waals surface area contributed by atoms with Crippen LogP contribution in [0.5, 0.6) is 0 Å². The van der Waals surface area contributed by atoms with E-state index >= 15 is 0 Å². The predicted octanol–water partition coefficient (Wildman–Crippen LogP) is 2.17. The van der Waals surface area contributed by atoms with Gasteiger partial charge < -0.3 is 9.88 Å². The molecule has 1 N–H and O–H groups in total. The summed E-state index contributed by atoms with van der Waals surface area (Å²) in [5.41, 5.74) is 3.67. The third-order valence-electron chi connectivity index (χ3n) is 4.22. The molecule has 20 heavy (non-hydrogen) atoms. The molecule has 5 nitrogen and oxygen atoms in total. The molecule has 2 aromatic heterocycles. The molecule has 3 heterocycles. The first kappa shape index (κ1) is 11.7. The molecule has 0 saturated carbocycles. The molecule has 0 spiro atoms. The molecular formula is C15H17N5. The number of H-pyrrole nitrogens is 1. The largest absolute Gasteiger partial charge is 0.361 e. The first-order valence-corrected chi connectivity index (χ1v) is 6.97. The van der Waals surface area contributed by atoms with Crippen molar-refractivity contribution in [3.05, 3.63) is 42.4 Å². The number of benzene rings is 1. The van der Waals surface area contributed by atoms with Crippen LogP contribution in [-0.4, -0.2) is 45.0 Å². The van der Waals surface area contributed by atoms with Gasteiger partial charge in [0.15, 0.2) is 0 Å². The van der Waals surface area contributed by atoms with E-state index in [0.717, 1.165) is 12.2 Å². The smallest absolute Gasteiger partial charge is 0.0697 e. The van der Waals surface area contributed by atoms with Crippen molar-refractivity contribution in [1.82, 2.24) is 24.9 Å². The SMILES string of the molecule is CN1CCC(c2c[nH]c3ccc(-n4ccnn4)cc23)C1. The Bertz CT molecular complexity index is 728. The fourth-order valence-corrected chi connectivity index (χ4v) is 3.15. The summed E-state index contributed by atoms with van der Waals surface area (Å²) in [7, 11) is 2.19. The molecule has 1 aromatic carbocycles. The van der Waals surface area contributed by atoms with Crippen LogP contribution in [0, 0.1) is 0 Å². The Morgan fingerprint density at radius 1 is 1.35 bits per heavy atom. The summed E-state index contributed by atoms with van der Waals surface area (Å²) in [6.07, 6.45) is 6.97. The van der Waals surface area contributed by atoms with E-state index in [0.29, 0.717) is 5.92 Å². The molecule has 1 unspecified atom stereocenters. The molecule has 1 atom stereocenters. The Kier molecular flexibility index (Phi) is 2.60. The van der Waals surface area contributed by atoms with Crippen LogP contribution in [0.25, 0.3) is 16.6 Å². The lowest BCUT2D eigenvalue weighted by Gasteiger charge is -2.10. The van der Waals surface area contributed by atoms with Gasteiger partial charge in [0.2, 0.25) is 0 Å². The van der Waals surface area contributed by atoms with Gasteiger partial charge in [0.05, 0.1) is 18.1 Å². The van der Waals surface area contributed by atoms with Crippen LogP contribution in [-0.2, 0) is 0 Å². The van der Waals surface area contributed by atoms with Crippen LogP contribution in [0.15, 0.2) is 36.8 Å². The first-order valence-electron chi connectivity index (χ1n) is 6.97. The Morgan fingerprint density at radius 3 is 3.05 bits per heavy atom. The van der Waals surface area contributed by atoms with Gasteiger partial charge in [-0.2, -0.15) is 0 Å². The Hall–Kier alpha value is -2.14. The summed E-state index contributed by atoms with van der Waals surface area (Å²) < 4.78 is 1.80. The zero-order valence-electron chi connectivity index (χ0n) is 11.5. The van der Waals surface area contributed by atoms with Crippen molar-refractivity contribution in [2.45, 2.75) is 12.3 Å². The van der Waals surface area contributed by atoms with Gasteiger partial charge in [-0.25, -0.2) is 4.68 Å². The van der Waals surface area contributed by atoms with Crippen LogP contribution in [0.2, 0.25) is 0 Å². The van der Waals surface area contributed by atoms with Crippen molar-refractivity contribution >= 4 is 10.9 Å². The molecule has 0 amide bonds. The van der Waals surface area contributed by atoms with Gasteiger partial charge in [0.1, 0.15) is 0 Å². The average Bonchev–Trinajstić information content (AvgIpc) is 3.17. The lowest BCUT2D eigenvalue weighted by Crippen LogP contribution is -2.13. The van der Waals surface area contributed by atoms with Crippen molar-refractivity contribution in [2.75, 3.05) is 20.1 Å². The van der Waals surface area contributed by atoms with Crippen LogP contribution < -0.4 is 0 Å². The highest BCUT2D eigenvalue weighted by molar-refractivity contribution is 5.85. The van der Waals surface area contributed by atoms with Crippen molar-refractivity contribution in [2.24, 2.45) is 0 Å². The van der Waals surface area contributed by atoms with Gasteiger partial charge in [-0.1, -0.05) is 5.21 Å². The zero-order chi connectivity index (χ0) is 13.5. The Balaban J connectivity index is 1.80. The summed E-state index contributed by atoms with van der Waals surface area (Å²) in [6.45, 7) is 2.32. The lowest BCUT2D eigenvalue weighted by atomic mass is 9.98. The minimum Gasteiger partial charge on any atom is -0.361 e. The van der Waals surface area contributed by atoms with Crippen molar-refractivity contribution < 1.29 is 0 Å². The predicted molar refractivity (Wildman–Crippen MR) is 78.1 cm³/mol. The summed E-state index contributed by atoms with van der Waals surface area (Å²) >= 11 is 0. The van der Waals surface area contributed by atoms with E-state index in [1.807, 2.05) is 6.20 Å². The molecule has 102 valence electrons. The van der Waals surface area contributed by atoms with Crippen LogP contribution in [0.4, 0.5) is 0 Å². The number of likely N-dealkylation sites (N-methyl/N-ethyl adjacent to an activating group) is 1. The number of rotatable bonds is 2. The van der Waals surface area contributed by atoms with E-state index in [1.54, 1.807) is 10.9 Å². The normalized spacial score (nSPS) is 19.9. The monoisotopic (exact) mass is 267 g/mol. The number of fused-ring (bicyclic) bond motifs is 1. The molecule has 1 aliphatic heterocycles. The third kappa shape index (κ3) is 1.82. The second-order valence-corrected chi connectivity index (χ2v) is 5.57. The first-order chi connectivity index (χ1) is 9.81. The highest BCUT2D eigenvalue weighted by Gasteiger charge is 2.23.